The lowest BCUT2D eigenvalue weighted by Gasteiger charge is -2.17. The highest BCUT2D eigenvalue weighted by molar-refractivity contribution is 7.86. The number of benzene rings is 1. The molecule has 120 valence electrons. The molecule has 0 saturated heterocycles. The molecule has 21 heavy (non-hydrogen) atoms. The van der Waals surface area contributed by atoms with Gasteiger partial charge in [0.1, 0.15) is 0 Å². The highest BCUT2D eigenvalue weighted by Crippen LogP contribution is 2.38. The van der Waals surface area contributed by atoms with Crippen LogP contribution in [-0.2, 0) is 26.7 Å². The Hall–Kier alpha value is -1.29. The fourth-order valence-corrected chi connectivity index (χ4v) is 2.17. The second-order valence-electron chi connectivity index (χ2n) is 4.28. The van der Waals surface area contributed by atoms with E-state index in [1.54, 1.807) is 0 Å². The number of alkyl halides is 6. The molecule has 1 unspecified atom stereocenters. The van der Waals surface area contributed by atoms with Gasteiger partial charge < -0.3 is 0 Å². The van der Waals surface area contributed by atoms with Crippen molar-refractivity contribution in [3.8, 4) is 0 Å². The Balaban J connectivity index is 3.39. The molecule has 0 N–H and O–H groups in total. The van der Waals surface area contributed by atoms with E-state index in [0.29, 0.717) is 18.4 Å². The quantitative estimate of drug-likeness (QED) is 0.623. The summed E-state index contributed by atoms with van der Waals surface area (Å²) >= 11 is 0. The third-order valence-corrected chi connectivity index (χ3v) is 3.04. The van der Waals surface area contributed by atoms with Crippen molar-refractivity contribution < 1.29 is 38.9 Å². The minimum Gasteiger partial charge on any atom is -0.262 e. The second-order valence-corrected chi connectivity index (χ2v) is 5.88. The molecule has 1 aromatic rings. The van der Waals surface area contributed by atoms with Gasteiger partial charge in [-0.25, -0.2) is 0 Å². The molecule has 0 radical (unpaired) electrons. The molecule has 0 heterocycles. The smallest absolute Gasteiger partial charge is 0.262 e. The summed E-state index contributed by atoms with van der Waals surface area (Å²) in [6, 6.07) is 0.798. The van der Waals surface area contributed by atoms with Crippen LogP contribution in [0, 0.1) is 0 Å². The molecule has 0 bridgehead atoms. The normalized spacial score (nSPS) is 15.0. The van der Waals surface area contributed by atoms with Gasteiger partial charge in [-0.3, -0.25) is 4.18 Å². The van der Waals surface area contributed by atoms with Crippen LogP contribution in [0.3, 0.4) is 0 Å². The average Bonchev–Trinajstić information content (AvgIpc) is 2.23. The third-order valence-electron chi connectivity index (χ3n) is 2.40. The Kier molecular flexibility index (Phi) is 4.64. The first-order valence-corrected chi connectivity index (χ1v) is 7.19. The van der Waals surface area contributed by atoms with Crippen molar-refractivity contribution >= 4 is 10.1 Å². The topological polar surface area (TPSA) is 43.4 Å². The highest BCUT2D eigenvalue weighted by Gasteiger charge is 2.37. The van der Waals surface area contributed by atoms with Gasteiger partial charge >= 0.3 is 12.4 Å². The molecule has 0 spiro atoms. The summed E-state index contributed by atoms with van der Waals surface area (Å²) in [5.74, 6) is 0. The molecule has 0 aliphatic heterocycles. The number of halogens is 6. The van der Waals surface area contributed by atoms with E-state index >= 15 is 0 Å². The summed E-state index contributed by atoms with van der Waals surface area (Å²) in [6.45, 7) is 1.04. The zero-order valence-electron chi connectivity index (χ0n) is 10.7. The minimum atomic E-state index is -5.00. The van der Waals surface area contributed by atoms with Crippen LogP contribution < -0.4 is 0 Å². The van der Waals surface area contributed by atoms with Crippen molar-refractivity contribution in [3.63, 3.8) is 0 Å². The SMILES string of the molecule is CC(OS(C)(=O)=O)c1cc(C(F)(F)F)cc(C(F)(F)F)c1. The molecule has 0 saturated carbocycles. The van der Waals surface area contributed by atoms with Gasteiger partial charge in [0.2, 0.25) is 0 Å². The lowest BCUT2D eigenvalue weighted by atomic mass is 10.0. The predicted molar refractivity (Wildman–Crippen MR) is 60.8 cm³/mol. The van der Waals surface area contributed by atoms with E-state index in [-0.39, 0.29) is 6.07 Å². The van der Waals surface area contributed by atoms with Crippen molar-refractivity contribution in [2.45, 2.75) is 25.4 Å². The zero-order chi connectivity index (χ0) is 16.6. The van der Waals surface area contributed by atoms with Crippen molar-refractivity contribution in [2.75, 3.05) is 6.26 Å². The second kappa shape index (κ2) is 5.48. The molecule has 0 aliphatic carbocycles. The summed E-state index contributed by atoms with van der Waals surface area (Å²) in [5, 5.41) is 0. The van der Waals surface area contributed by atoms with E-state index in [2.05, 4.69) is 4.18 Å². The minimum absolute atomic E-state index is 0.0450. The van der Waals surface area contributed by atoms with Crippen LogP contribution in [0.2, 0.25) is 0 Å². The Morgan fingerprint density at radius 2 is 1.33 bits per heavy atom. The van der Waals surface area contributed by atoms with E-state index in [9.17, 15) is 34.8 Å². The number of hydrogen-bond acceptors (Lipinski definition) is 3. The van der Waals surface area contributed by atoms with Gasteiger partial charge in [-0.2, -0.15) is 34.8 Å². The highest BCUT2D eigenvalue weighted by atomic mass is 32.2. The monoisotopic (exact) mass is 336 g/mol. The van der Waals surface area contributed by atoms with Gasteiger partial charge in [-0.15, -0.1) is 0 Å². The molecular formula is C11H10F6O3S. The summed E-state index contributed by atoms with van der Waals surface area (Å²) < 4.78 is 102. The van der Waals surface area contributed by atoms with E-state index in [1.165, 1.54) is 0 Å². The van der Waals surface area contributed by atoms with Gasteiger partial charge in [0, 0.05) is 0 Å². The fourth-order valence-electron chi connectivity index (χ4n) is 1.53. The van der Waals surface area contributed by atoms with Gasteiger partial charge in [0.05, 0.1) is 23.5 Å². The van der Waals surface area contributed by atoms with Gasteiger partial charge in [0.25, 0.3) is 10.1 Å². The molecular weight excluding hydrogens is 326 g/mol. The summed E-state index contributed by atoms with van der Waals surface area (Å²) in [6.07, 6.45) is -10.8. The standard InChI is InChI=1S/C11H10F6O3S/c1-6(20-21(2,18)19)7-3-8(10(12,13)14)5-9(4-7)11(15,16)17/h3-6H,1-2H3. The van der Waals surface area contributed by atoms with Gasteiger partial charge in [-0.1, -0.05) is 0 Å². The molecule has 0 aromatic heterocycles. The van der Waals surface area contributed by atoms with Crippen LogP contribution in [0.4, 0.5) is 26.3 Å². The fraction of sp³-hybridized carbons (Fsp3) is 0.455. The van der Waals surface area contributed by atoms with Crippen LogP contribution in [-0.4, -0.2) is 14.7 Å². The maximum Gasteiger partial charge on any atom is 0.416 e. The van der Waals surface area contributed by atoms with Gasteiger partial charge in [-0.05, 0) is 30.7 Å². The van der Waals surface area contributed by atoms with Crippen molar-refractivity contribution in [2.24, 2.45) is 0 Å². The summed E-state index contributed by atoms with van der Waals surface area (Å²) in [7, 11) is -4.03. The van der Waals surface area contributed by atoms with Crippen LogP contribution >= 0.6 is 0 Å². The molecule has 0 amide bonds. The first kappa shape index (κ1) is 17.8. The molecule has 10 heteroatoms. The Morgan fingerprint density at radius 3 is 1.62 bits per heavy atom. The van der Waals surface area contributed by atoms with Gasteiger partial charge in [0.15, 0.2) is 0 Å². The Morgan fingerprint density at radius 1 is 0.952 bits per heavy atom. The maximum absolute atomic E-state index is 12.6. The third kappa shape index (κ3) is 5.20. The van der Waals surface area contributed by atoms with E-state index in [1.807, 2.05) is 0 Å². The first-order chi connectivity index (χ1) is 9.20. The van der Waals surface area contributed by atoms with Crippen LogP contribution in [0.25, 0.3) is 0 Å². The maximum atomic E-state index is 12.6. The van der Waals surface area contributed by atoms with Crippen molar-refractivity contribution in [1.29, 1.82) is 0 Å². The predicted octanol–water partition coefficient (Wildman–Crippen LogP) is 3.76. The molecule has 1 rings (SSSR count). The molecule has 0 aliphatic rings. The average molecular weight is 336 g/mol. The summed E-state index contributed by atoms with van der Waals surface area (Å²) in [5.41, 5.74) is -3.60. The van der Waals surface area contributed by atoms with Crippen LogP contribution in [0.15, 0.2) is 18.2 Å². The van der Waals surface area contributed by atoms with E-state index in [0.717, 1.165) is 6.92 Å². The van der Waals surface area contributed by atoms with Crippen LogP contribution in [0.1, 0.15) is 29.7 Å². The van der Waals surface area contributed by atoms with Crippen molar-refractivity contribution in [3.05, 3.63) is 34.9 Å². The molecule has 0 fully saturated rings. The first-order valence-electron chi connectivity index (χ1n) is 5.38. The molecule has 1 aromatic carbocycles. The van der Waals surface area contributed by atoms with E-state index in [4.69, 9.17) is 0 Å². The van der Waals surface area contributed by atoms with Crippen LogP contribution in [0.5, 0.6) is 0 Å². The number of rotatable bonds is 3. The zero-order valence-corrected chi connectivity index (χ0v) is 11.5. The lowest BCUT2D eigenvalue weighted by Crippen LogP contribution is -2.14. The Labute approximate surface area is 116 Å². The van der Waals surface area contributed by atoms with E-state index < -0.39 is 45.3 Å². The molecule has 3 nitrogen and oxygen atoms in total. The lowest BCUT2D eigenvalue weighted by molar-refractivity contribution is -0.143. The summed E-state index contributed by atoms with van der Waals surface area (Å²) in [4.78, 5) is 0. The largest absolute Gasteiger partial charge is 0.416 e. The number of hydrogen-bond donors (Lipinski definition) is 0. The Bertz CT molecular complexity index is 586. The molecule has 1 atom stereocenters. The van der Waals surface area contributed by atoms with Crippen molar-refractivity contribution in [1.82, 2.24) is 0 Å².